The number of hydrazone groups is 1. The number of carbonyl (C=O) groups excluding carboxylic acids is 2. The average Bonchev–Trinajstić information content (AvgIpc) is 3.50. The van der Waals surface area contributed by atoms with E-state index in [1.54, 1.807) is 54.6 Å². The van der Waals surface area contributed by atoms with Crippen LogP contribution in [-0.2, 0) is 4.79 Å². The van der Waals surface area contributed by atoms with Crippen molar-refractivity contribution in [3.8, 4) is 22.8 Å². The zero-order valence-electron chi connectivity index (χ0n) is 23.2. The molecule has 0 bridgehead atoms. The summed E-state index contributed by atoms with van der Waals surface area (Å²) < 4.78 is 10.8. The Balaban J connectivity index is 1.11. The molecule has 5 rings (SSSR count). The summed E-state index contributed by atoms with van der Waals surface area (Å²) in [7, 11) is 1.53. The van der Waals surface area contributed by atoms with E-state index in [-0.39, 0.29) is 23.4 Å². The van der Waals surface area contributed by atoms with E-state index in [4.69, 9.17) is 32.7 Å². The van der Waals surface area contributed by atoms with Gasteiger partial charge in [-0.15, -0.1) is 11.3 Å². The number of anilines is 3. The molecule has 0 aliphatic rings. The minimum absolute atomic E-state index is 0.246. The van der Waals surface area contributed by atoms with Crippen LogP contribution in [0.4, 0.5) is 16.5 Å². The number of ether oxygens (including phenoxy) is 2. The first kappa shape index (κ1) is 30.6. The van der Waals surface area contributed by atoms with Gasteiger partial charge in [-0.05, 0) is 72.3 Å². The zero-order valence-corrected chi connectivity index (χ0v) is 25.5. The van der Waals surface area contributed by atoms with Gasteiger partial charge in [0, 0.05) is 27.2 Å². The maximum Gasteiger partial charge on any atom is 0.271 e. The van der Waals surface area contributed by atoms with Gasteiger partial charge >= 0.3 is 0 Å². The smallest absolute Gasteiger partial charge is 0.271 e. The molecule has 222 valence electrons. The number of nitrogens with one attached hydrogen (secondary N) is 3. The molecule has 0 spiro atoms. The Kier molecular flexibility index (Phi) is 10.1. The Labute approximate surface area is 267 Å². The number of rotatable bonds is 11. The highest BCUT2D eigenvalue weighted by Gasteiger charge is 2.11. The molecule has 9 nitrogen and oxygen atoms in total. The highest BCUT2D eigenvalue weighted by Crippen LogP contribution is 2.28. The van der Waals surface area contributed by atoms with Crippen molar-refractivity contribution < 1.29 is 19.1 Å². The third-order valence-corrected chi connectivity index (χ3v) is 7.42. The number of amides is 2. The van der Waals surface area contributed by atoms with E-state index < -0.39 is 0 Å². The lowest BCUT2D eigenvalue weighted by Crippen LogP contribution is -2.20. The molecule has 0 atom stereocenters. The van der Waals surface area contributed by atoms with E-state index in [2.05, 4.69) is 26.1 Å². The van der Waals surface area contributed by atoms with Crippen molar-refractivity contribution in [1.29, 1.82) is 0 Å². The number of hydrogen-bond acceptors (Lipinski definition) is 8. The third kappa shape index (κ3) is 8.13. The predicted molar refractivity (Wildman–Crippen MR) is 176 cm³/mol. The fraction of sp³-hybridized carbons (Fsp3) is 0.0625. The molecule has 0 unspecified atom stereocenters. The molecule has 1 heterocycles. The second-order valence-corrected chi connectivity index (χ2v) is 10.9. The van der Waals surface area contributed by atoms with Gasteiger partial charge in [-0.2, -0.15) is 5.10 Å². The number of para-hydroxylation sites is 2. The summed E-state index contributed by atoms with van der Waals surface area (Å²) in [4.78, 5) is 29.5. The molecule has 0 fully saturated rings. The van der Waals surface area contributed by atoms with Crippen molar-refractivity contribution >= 4 is 69.1 Å². The number of benzene rings is 4. The van der Waals surface area contributed by atoms with E-state index in [0.29, 0.717) is 33.3 Å². The third-order valence-electron chi connectivity index (χ3n) is 6.12. The van der Waals surface area contributed by atoms with Crippen molar-refractivity contribution in [2.75, 3.05) is 24.4 Å². The Bertz CT molecular complexity index is 1790. The highest BCUT2D eigenvalue weighted by atomic mass is 35.5. The topological polar surface area (TPSA) is 114 Å². The van der Waals surface area contributed by atoms with Gasteiger partial charge in [0.1, 0.15) is 11.5 Å². The summed E-state index contributed by atoms with van der Waals surface area (Å²) >= 11 is 13.8. The van der Waals surface area contributed by atoms with E-state index >= 15 is 0 Å². The normalized spacial score (nSPS) is 10.8. The van der Waals surface area contributed by atoms with Gasteiger partial charge in [-0.25, -0.2) is 10.4 Å². The number of nitrogens with zero attached hydrogens (tertiary/aromatic N) is 2. The summed E-state index contributed by atoms with van der Waals surface area (Å²) in [5.41, 5.74) is 6.67. The monoisotopic (exact) mass is 645 g/mol. The molecule has 0 radical (unpaired) electrons. The van der Waals surface area contributed by atoms with Crippen LogP contribution in [0.1, 0.15) is 15.9 Å². The van der Waals surface area contributed by atoms with Gasteiger partial charge in [0.15, 0.2) is 11.7 Å². The first-order valence-corrected chi connectivity index (χ1v) is 14.8. The van der Waals surface area contributed by atoms with Gasteiger partial charge in [0.25, 0.3) is 11.8 Å². The van der Waals surface area contributed by atoms with Crippen LogP contribution >= 0.6 is 34.5 Å². The summed E-state index contributed by atoms with van der Waals surface area (Å²) in [6.07, 6.45) is 1.46. The standard InChI is InChI=1S/C32H25Cl2N5O4S/c1-42-29-5-3-2-4-26(29)37-30(40)18-43-28-15-6-20(16-25(28)34)17-35-39-31(41)22-9-7-21(8-10-22)27-19-44-32(38-27)36-24-13-11-23(33)12-14-24/h2-17,19H,18H2,1H3,(H,36,38)(H,37,40)(H,39,41)/b35-17-. The first-order valence-electron chi connectivity index (χ1n) is 13.1. The Morgan fingerprint density at radius 2 is 1.73 bits per heavy atom. The molecule has 4 aromatic carbocycles. The van der Waals surface area contributed by atoms with Crippen molar-refractivity contribution in [3.05, 3.63) is 118 Å². The molecule has 0 aliphatic carbocycles. The van der Waals surface area contributed by atoms with E-state index in [1.165, 1.54) is 24.7 Å². The molecule has 0 saturated carbocycles. The summed E-state index contributed by atoms with van der Waals surface area (Å²) in [6.45, 7) is -0.246. The quantitative estimate of drug-likeness (QED) is 0.100. The fourth-order valence-corrected chi connectivity index (χ4v) is 5.04. The molecule has 5 aromatic rings. The zero-order chi connectivity index (χ0) is 30.9. The Morgan fingerprint density at radius 1 is 0.955 bits per heavy atom. The number of halogens is 2. The minimum Gasteiger partial charge on any atom is -0.495 e. The van der Waals surface area contributed by atoms with E-state index in [0.717, 1.165) is 22.1 Å². The molecule has 3 N–H and O–H groups in total. The van der Waals surface area contributed by atoms with Crippen LogP contribution in [0.3, 0.4) is 0 Å². The van der Waals surface area contributed by atoms with Crippen molar-refractivity contribution in [2.24, 2.45) is 5.10 Å². The summed E-state index contributed by atoms with van der Waals surface area (Å²) in [6, 6.07) is 26.5. The molecular weight excluding hydrogens is 621 g/mol. The number of thiazole rings is 1. The lowest BCUT2D eigenvalue weighted by Gasteiger charge is -2.11. The van der Waals surface area contributed by atoms with Crippen LogP contribution in [0.25, 0.3) is 11.3 Å². The van der Waals surface area contributed by atoms with Gasteiger partial charge in [0.05, 0.1) is 29.7 Å². The number of carbonyl (C=O) groups is 2. The lowest BCUT2D eigenvalue weighted by molar-refractivity contribution is -0.118. The second-order valence-electron chi connectivity index (χ2n) is 9.17. The van der Waals surface area contributed by atoms with Crippen molar-refractivity contribution in [1.82, 2.24) is 10.4 Å². The first-order chi connectivity index (χ1) is 21.4. The number of hydrogen-bond donors (Lipinski definition) is 3. The molecule has 1 aromatic heterocycles. The molecular formula is C32H25Cl2N5O4S. The van der Waals surface area contributed by atoms with Gasteiger partial charge < -0.3 is 20.1 Å². The van der Waals surface area contributed by atoms with Crippen molar-refractivity contribution in [2.45, 2.75) is 0 Å². The summed E-state index contributed by atoms with van der Waals surface area (Å²) in [5.74, 6) is 0.133. The average molecular weight is 647 g/mol. The van der Waals surface area contributed by atoms with Crippen LogP contribution in [0.5, 0.6) is 11.5 Å². The van der Waals surface area contributed by atoms with Gasteiger partial charge in [0.2, 0.25) is 0 Å². The van der Waals surface area contributed by atoms with Crippen molar-refractivity contribution in [3.63, 3.8) is 0 Å². The molecule has 12 heteroatoms. The summed E-state index contributed by atoms with van der Waals surface area (Å²) in [5, 5.41) is 13.6. The molecule has 44 heavy (non-hydrogen) atoms. The maximum atomic E-state index is 12.6. The largest absolute Gasteiger partial charge is 0.495 e. The SMILES string of the molecule is COc1ccccc1NC(=O)COc1ccc(/C=N\NC(=O)c2ccc(-c3csc(Nc4ccc(Cl)cc4)n3)cc2)cc1Cl. The predicted octanol–water partition coefficient (Wildman–Crippen LogP) is 7.65. The molecule has 0 saturated heterocycles. The lowest BCUT2D eigenvalue weighted by atomic mass is 10.1. The molecule has 2 amide bonds. The van der Waals surface area contributed by atoms with Crippen LogP contribution in [0, 0.1) is 0 Å². The number of aromatic nitrogens is 1. The van der Waals surface area contributed by atoms with Crippen LogP contribution in [0.15, 0.2) is 101 Å². The second kappa shape index (κ2) is 14.5. The Hall–Kier alpha value is -4.90. The minimum atomic E-state index is -0.372. The van der Waals surface area contributed by atoms with E-state index in [9.17, 15) is 9.59 Å². The van der Waals surface area contributed by atoms with Crippen LogP contribution in [0.2, 0.25) is 10.0 Å². The van der Waals surface area contributed by atoms with Gasteiger partial charge in [-0.3, -0.25) is 9.59 Å². The fourth-order valence-electron chi connectivity index (χ4n) is 3.93. The van der Waals surface area contributed by atoms with E-state index in [1.807, 2.05) is 41.8 Å². The maximum absolute atomic E-state index is 12.6. The van der Waals surface area contributed by atoms with Gasteiger partial charge in [-0.1, -0.05) is 47.5 Å². The van der Waals surface area contributed by atoms with Crippen LogP contribution in [-0.4, -0.2) is 36.7 Å². The highest BCUT2D eigenvalue weighted by molar-refractivity contribution is 7.14. The Morgan fingerprint density at radius 3 is 2.48 bits per heavy atom. The van der Waals surface area contributed by atoms with Crippen LogP contribution < -0.4 is 25.5 Å². The molecule has 0 aliphatic heterocycles. The number of methoxy groups -OCH3 is 1.